The number of piperidine rings is 1. The third-order valence-electron chi connectivity index (χ3n) is 5.52. The maximum Gasteiger partial charge on any atom is 0.127 e. The fourth-order valence-corrected chi connectivity index (χ4v) is 4.88. The molecule has 1 aromatic carbocycles. The summed E-state index contributed by atoms with van der Waals surface area (Å²) in [5, 5.41) is 3.69. The summed E-state index contributed by atoms with van der Waals surface area (Å²) in [4.78, 5) is 2.61. The Labute approximate surface area is 153 Å². The van der Waals surface area contributed by atoms with Crippen LogP contribution < -0.4 is 10.1 Å². The SMILES string of the molecule is Brc1cc2c(c(CN3CCC(C4CCCN4)CC3)c1)OCC2.Cl. The minimum atomic E-state index is 0. The van der Waals surface area contributed by atoms with Gasteiger partial charge in [-0.3, -0.25) is 4.90 Å². The van der Waals surface area contributed by atoms with E-state index in [0.717, 1.165) is 37.3 Å². The zero-order valence-electron chi connectivity index (χ0n) is 13.5. The molecule has 3 nitrogen and oxygen atoms in total. The lowest BCUT2D eigenvalue weighted by Crippen LogP contribution is -2.40. The average Bonchev–Trinajstić information content (AvgIpc) is 3.18. The molecule has 0 amide bonds. The van der Waals surface area contributed by atoms with E-state index in [1.54, 1.807) is 0 Å². The minimum absolute atomic E-state index is 0. The first-order valence-corrected chi connectivity index (χ1v) is 9.49. The standard InChI is InChI=1S/C18H25BrN2O.ClH/c19-16-10-14-5-9-22-18(14)15(11-16)12-21-7-3-13(4-8-21)17-2-1-6-20-17;/h10-11,13,17,20H,1-9,12H2;1H. The Hall–Kier alpha value is -0.290. The van der Waals surface area contributed by atoms with Gasteiger partial charge in [0.25, 0.3) is 0 Å². The van der Waals surface area contributed by atoms with E-state index in [0.29, 0.717) is 0 Å². The molecule has 1 N–H and O–H groups in total. The van der Waals surface area contributed by atoms with Gasteiger partial charge < -0.3 is 10.1 Å². The lowest BCUT2D eigenvalue weighted by Gasteiger charge is -2.35. The summed E-state index contributed by atoms with van der Waals surface area (Å²) < 4.78 is 7.06. The second kappa shape index (κ2) is 7.73. The Morgan fingerprint density at radius 2 is 2.04 bits per heavy atom. The van der Waals surface area contributed by atoms with Gasteiger partial charge in [0.2, 0.25) is 0 Å². The third kappa shape index (κ3) is 3.87. The van der Waals surface area contributed by atoms with Crippen molar-refractivity contribution in [1.82, 2.24) is 10.2 Å². The molecule has 5 heteroatoms. The number of nitrogens with zero attached hydrogens (tertiary/aromatic N) is 1. The van der Waals surface area contributed by atoms with Gasteiger partial charge in [-0.25, -0.2) is 0 Å². The highest BCUT2D eigenvalue weighted by Crippen LogP contribution is 2.34. The number of rotatable bonds is 3. The second-order valence-corrected chi connectivity index (χ2v) is 7.88. The van der Waals surface area contributed by atoms with Gasteiger partial charge in [0, 0.05) is 29.0 Å². The molecule has 0 bridgehead atoms. The highest BCUT2D eigenvalue weighted by atomic mass is 79.9. The number of benzene rings is 1. The first-order chi connectivity index (χ1) is 10.8. The largest absolute Gasteiger partial charge is 0.493 e. The number of ether oxygens (including phenoxy) is 1. The molecule has 0 aliphatic carbocycles. The maximum absolute atomic E-state index is 5.87. The summed E-state index contributed by atoms with van der Waals surface area (Å²) in [6.07, 6.45) is 6.49. The molecule has 3 heterocycles. The highest BCUT2D eigenvalue weighted by Gasteiger charge is 2.29. The van der Waals surface area contributed by atoms with Crippen molar-refractivity contribution < 1.29 is 4.74 Å². The molecule has 1 aromatic rings. The third-order valence-corrected chi connectivity index (χ3v) is 5.98. The van der Waals surface area contributed by atoms with Crippen LogP contribution in [0.25, 0.3) is 0 Å². The minimum Gasteiger partial charge on any atom is -0.493 e. The van der Waals surface area contributed by atoms with Crippen LogP contribution in [0.4, 0.5) is 0 Å². The Balaban J connectivity index is 0.00000156. The van der Waals surface area contributed by atoms with Crippen LogP contribution in [0.5, 0.6) is 5.75 Å². The lowest BCUT2D eigenvalue weighted by atomic mass is 9.88. The van der Waals surface area contributed by atoms with Crippen LogP contribution in [0.2, 0.25) is 0 Å². The Morgan fingerprint density at radius 1 is 1.22 bits per heavy atom. The summed E-state index contributed by atoms with van der Waals surface area (Å²) >= 11 is 3.65. The molecule has 1 atom stereocenters. The van der Waals surface area contributed by atoms with E-state index < -0.39 is 0 Å². The van der Waals surface area contributed by atoms with Crippen molar-refractivity contribution >= 4 is 28.3 Å². The monoisotopic (exact) mass is 400 g/mol. The summed E-state index contributed by atoms with van der Waals surface area (Å²) in [5.41, 5.74) is 2.73. The molecule has 0 saturated carbocycles. The molecule has 3 aliphatic heterocycles. The van der Waals surface area contributed by atoms with E-state index in [2.05, 4.69) is 38.3 Å². The predicted octanol–water partition coefficient (Wildman–Crippen LogP) is 3.77. The van der Waals surface area contributed by atoms with Gasteiger partial charge in [-0.1, -0.05) is 15.9 Å². The molecule has 2 fully saturated rings. The number of halogens is 2. The Bertz CT molecular complexity index is 540. The molecular weight excluding hydrogens is 376 g/mol. The van der Waals surface area contributed by atoms with Crippen molar-refractivity contribution in [3.8, 4) is 5.75 Å². The van der Waals surface area contributed by atoms with Crippen LogP contribution in [-0.2, 0) is 13.0 Å². The normalized spacial score (nSPS) is 25.0. The Kier molecular flexibility index (Phi) is 5.89. The summed E-state index contributed by atoms with van der Waals surface area (Å²) in [6.45, 7) is 5.56. The molecule has 1 unspecified atom stereocenters. The van der Waals surface area contributed by atoms with Gasteiger partial charge in [0.1, 0.15) is 5.75 Å². The molecule has 0 aromatic heterocycles. The number of nitrogens with one attached hydrogen (secondary N) is 1. The van der Waals surface area contributed by atoms with Crippen molar-refractivity contribution in [1.29, 1.82) is 0 Å². The zero-order chi connectivity index (χ0) is 14.9. The molecule has 0 radical (unpaired) electrons. The van der Waals surface area contributed by atoms with Gasteiger partial charge in [-0.2, -0.15) is 0 Å². The molecule has 4 rings (SSSR count). The topological polar surface area (TPSA) is 24.5 Å². The van der Waals surface area contributed by atoms with Crippen molar-refractivity contribution in [3.05, 3.63) is 27.7 Å². The van der Waals surface area contributed by atoms with Crippen LogP contribution in [0.15, 0.2) is 16.6 Å². The van der Waals surface area contributed by atoms with Gasteiger partial charge >= 0.3 is 0 Å². The van der Waals surface area contributed by atoms with E-state index >= 15 is 0 Å². The summed E-state index contributed by atoms with van der Waals surface area (Å²) in [7, 11) is 0. The molecule has 128 valence electrons. The van der Waals surface area contributed by atoms with Crippen molar-refractivity contribution in [2.24, 2.45) is 5.92 Å². The van der Waals surface area contributed by atoms with Gasteiger partial charge in [-0.15, -0.1) is 12.4 Å². The van der Waals surface area contributed by atoms with Crippen molar-refractivity contribution in [3.63, 3.8) is 0 Å². The fourth-order valence-electron chi connectivity index (χ4n) is 4.33. The number of hydrogen-bond acceptors (Lipinski definition) is 3. The van der Waals surface area contributed by atoms with Gasteiger partial charge in [0.15, 0.2) is 0 Å². The van der Waals surface area contributed by atoms with Crippen LogP contribution in [0.3, 0.4) is 0 Å². The van der Waals surface area contributed by atoms with Gasteiger partial charge in [0.05, 0.1) is 6.61 Å². The molecule has 3 aliphatic rings. The second-order valence-electron chi connectivity index (χ2n) is 6.97. The number of hydrogen-bond donors (Lipinski definition) is 1. The quantitative estimate of drug-likeness (QED) is 0.834. The van der Waals surface area contributed by atoms with Gasteiger partial charge in [-0.05, 0) is 68.9 Å². The van der Waals surface area contributed by atoms with E-state index in [-0.39, 0.29) is 12.4 Å². The molecule has 0 spiro atoms. The summed E-state index contributed by atoms with van der Waals surface area (Å²) in [5.74, 6) is 2.05. The molecule has 2 saturated heterocycles. The zero-order valence-corrected chi connectivity index (χ0v) is 15.9. The van der Waals surface area contributed by atoms with E-state index in [1.807, 2.05) is 0 Å². The van der Waals surface area contributed by atoms with E-state index in [4.69, 9.17) is 4.74 Å². The van der Waals surface area contributed by atoms with Crippen LogP contribution in [-0.4, -0.2) is 37.2 Å². The molecule has 23 heavy (non-hydrogen) atoms. The summed E-state index contributed by atoms with van der Waals surface area (Å²) in [6, 6.07) is 5.25. The Morgan fingerprint density at radius 3 is 2.78 bits per heavy atom. The van der Waals surface area contributed by atoms with Crippen LogP contribution in [0, 0.1) is 5.92 Å². The number of fused-ring (bicyclic) bond motifs is 1. The first kappa shape index (κ1) is 17.5. The fraction of sp³-hybridized carbons (Fsp3) is 0.667. The number of likely N-dealkylation sites (tertiary alicyclic amines) is 1. The predicted molar refractivity (Wildman–Crippen MR) is 99.6 cm³/mol. The van der Waals surface area contributed by atoms with Crippen molar-refractivity contribution in [2.45, 2.75) is 44.7 Å². The van der Waals surface area contributed by atoms with Crippen LogP contribution >= 0.6 is 28.3 Å². The average molecular weight is 402 g/mol. The van der Waals surface area contributed by atoms with E-state index in [1.165, 1.54) is 60.9 Å². The van der Waals surface area contributed by atoms with Crippen molar-refractivity contribution in [2.75, 3.05) is 26.2 Å². The van der Waals surface area contributed by atoms with E-state index in [9.17, 15) is 0 Å². The highest BCUT2D eigenvalue weighted by molar-refractivity contribution is 9.10. The smallest absolute Gasteiger partial charge is 0.127 e. The maximum atomic E-state index is 5.87. The lowest BCUT2D eigenvalue weighted by molar-refractivity contribution is 0.156. The first-order valence-electron chi connectivity index (χ1n) is 8.69. The molecular formula is C18H26BrClN2O. The van der Waals surface area contributed by atoms with Crippen LogP contribution in [0.1, 0.15) is 36.8 Å².